The molecule has 1 fully saturated rings. The predicted molar refractivity (Wildman–Crippen MR) is 71.4 cm³/mol. The molecule has 0 unspecified atom stereocenters. The van der Waals surface area contributed by atoms with E-state index >= 15 is 0 Å². The number of aliphatic hydroxyl groups is 1. The van der Waals surface area contributed by atoms with E-state index in [1.165, 1.54) is 6.42 Å². The van der Waals surface area contributed by atoms with Gasteiger partial charge < -0.3 is 14.7 Å². The highest BCUT2D eigenvalue weighted by atomic mass is 16.5. The van der Waals surface area contributed by atoms with Crippen molar-refractivity contribution in [3.05, 3.63) is 0 Å². The van der Waals surface area contributed by atoms with Gasteiger partial charge in [0.2, 0.25) is 5.91 Å². The van der Waals surface area contributed by atoms with Crippen molar-refractivity contribution in [2.24, 2.45) is 0 Å². The average molecular weight is 257 g/mol. The Kier molecular flexibility index (Phi) is 6.65. The van der Waals surface area contributed by atoms with Crippen LogP contribution in [0.1, 0.15) is 52.4 Å². The van der Waals surface area contributed by atoms with Gasteiger partial charge in [-0.3, -0.25) is 4.79 Å². The van der Waals surface area contributed by atoms with Gasteiger partial charge in [-0.15, -0.1) is 0 Å². The monoisotopic (exact) mass is 257 g/mol. The van der Waals surface area contributed by atoms with E-state index in [0.29, 0.717) is 26.3 Å². The molecule has 0 heterocycles. The first-order valence-electron chi connectivity index (χ1n) is 7.19. The van der Waals surface area contributed by atoms with Crippen LogP contribution in [0.2, 0.25) is 0 Å². The summed E-state index contributed by atoms with van der Waals surface area (Å²) < 4.78 is 5.27. The standard InChI is InChI=1S/C14H27NO3/c1-3-15(10-11-18-4-2)13(16)12-14(17)8-6-5-7-9-14/h17H,3-12H2,1-2H3. The molecule has 4 nitrogen and oxygen atoms in total. The van der Waals surface area contributed by atoms with Crippen molar-refractivity contribution in [3.63, 3.8) is 0 Å². The molecule has 1 amide bonds. The van der Waals surface area contributed by atoms with Crippen molar-refractivity contribution in [2.75, 3.05) is 26.3 Å². The molecule has 1 N–H and O–H groups in total. The second kappa shape index (κ2) is 7.74. The summed E-state index contributed by atoms with van der Waals surface area (Å²) in [5.74, 6) is 0.0570. The van der Waals surface area contributed by atoms with Crippen LogP contribution in [0.3, 0.4) is 0 Å². The predicted octanol–water partition coefficient (Wildman–Crippen LogP) is 1.96. The van der Waals surface area contributed by atoms with Gasteiger partial charge in [0.05, 0.1) is 18.6 Å². The van der Waals surface area contributed by atoms with E-state index in [-0.39, 0.29) is 12.3 Å². The van der Waals surface area contributed by atoms with Crippen molar-refractivity contribution in [2.45, 2.75) is 58.0 Å². The Labute approximate surface area is 110 Å². The summed E-state index contributed by atoms with van der Waals surface area (Å²) in [6, 6.07) is 0. The van der Waals surface area contributed by atoms with Crippen LogP contribution in [0.5, 0.6) is 0 Å². The molecule has 0 saturated heterocycles. The third-order valence-corrected chi connectivity index (χ3v) is 3.71. The quantitative estimate of drug-likeness (QED) is 0.709. The SMILES string of the molecule is CCOCCN(CC)C(=O)CC1(O)CCCCC1. The smallest absolute Gasteiger partial charge is 0.225 e. The molecule has 4 heteroatoms. The number of hydrogen-bond donors (Lipinski definition) is 1. The largest absolute Gasteiger partial charge is 0.389 e. The van der Waals surface area contributed by atoms with Crippen LogP contribution < -0.4 is 0 Å². The lowest BCUT2D eigenvalue weighted by atomic mass is 9.82. The molecule has 0 aromatic heterocycles. The van der Waals surface area contributed by atoms with E-state index in [2.05, 4.69) is 0 Å². The number of carbonyl (C=O) groups is 1. The molecule has 1 saturated carbocycles. The van der Waals surface area contributed by atoms with E-state index < -0.39 is 5.60 Å². The summed E-state index contributed by atoms with van der Waals surface area (Å²) >= 11 is 0. The van der Waals surface area contributed by atoms with Gasteiger partial charge in [0, 0.05) is 19.7 Å². The zero-order chi connectivity index (χ0) is 13.4. The van der Waals surface area contributed by atoms with Gasteiger partial charge in [0.15, 0.2) is 0 Å². The third-order valence-electron chi connectivity index (χ3n) is 3.71. The van der Waals surface area contributed by atoms with Gasteiger partial charge in [-0.25, -0.2) is 0 Å². The number of ether oxygens (including phenoxy) is 1. The van der Waals surface area contributed by atoms with E-state index in [1.807, 2.05) is 13.8 Å². The molecular formula is C14H27NO3. The maximum Gasteiger partial charge on any atom is 0.225 e. The molecule has 0 atom stereocenters. The highest BCUT2D eigenvalue weighted by molar-refractivity contribution is 5.77. The van der Waals surface area contributed by atoms with Crippen molar-refractivity contribution >= 4 is 5.91 Å². The fraction of sp³-hybridized carbons (Fsp3) is 0.929. The first-order chi connectivity index (χ1) is 8.61. The van der Waals surface area contributed by atoms with Crippen LogP contribution in [-0.4, -0.2) is 47.8 Å². The molecule has 18 heavy (non-hydrogen) atoms. The summed E-state index contributed by atoms with van der Waals surface area (Å²) in [5, 5.41) is 10.4. The number of hydrogen-bond acceptors (Lipinski definition) is 3. The van der Waals surface area contributed by atoms with Crippen molar-refractivity contribution in [1.29, 1.82) is 0 Å². The second-order valence-corrected chi connectivity index (χ2v) is 5.13. The summed E-state index contributed by atoms with van der Waals surface area (Å²) in [5.41, 5.74) is -0.756. The fourth-order valence-electron chi connectivity index (χ4n) is 2.56. The maximum atomic E-state index is 12.2. The Morgan fingerprint density at radius 2 is 1.94 bits per heavy atom. The first-order valence-corrected chi connectivity index (χ1v) is 7.19. The average Bonchev–Trinajstić information content (AvgIpc) is 2.35. The van der Waals surface area contributed by atoms with E-state index in [4.69, 9.17) is 4.74 Å². The van der Waals surface area contributed by atoms with Gasteiger partial charge in [0.1, 0.15) is 0 Å². The van der Waals surface area contributed by atoms with Gasteiger partial charge in [-0.2, -0.15) is 0 Å². The minimum atomic E-state index is -0.756. The lowest BCUT2D eigenvalue weighted by Crippen LogP contribution is -2.41. The van der Waals surface area contributed by atoms with Gasteiger partial charge >= 0.3 is 0 Å². The number of rotatable bonds is 7. The van der Waals surface area contributed by atoms with Crippen LogP contribution in [0.15, 0.2) is 0 Å². The molecule has 0 radical (unpaired) electrons. The lowest BCUT2D eigenvalue weighted by molar-refractivity contribution is -0.138. The third kappa shape index (κ3) is 4.94. The van der Waals surface area contributed by atoms with Crippen LogP contribution in [0.4, 0.5) is 0 Å². The summed E-state index contributed by atoms with van der Waals surface area (Å²) in [6.45, 7) is 6.48. The number of likely N-dealkylation sites (N-methyl/N-ethyl adjacent to an activating group) is 1. The number of carbonyl (C=O) groups excluding carboxylic acids is 1. The molecule has 1 rings (SSSR count). The van der Waals surface area contributed by atoms with Crippen LogP contribution >= 0.6 is 0 Å². The Morgan fingerprint density at radius 3 is 2.50 bits per heavy atom. The summed E-state index contributed by atoms with van der Waals surface area (Å²) in [4.78, 5) is 13.9. The van der Waals surface area contributed by atoms with Crippen LogP contribution in [-0.2, 0) is 9.53 Å². The zero-order valence-corrected chi connectivity index (χ0v) is 11.8. The second-order valence-electron chi connectivity index (χ2n) is 5.13. The zero-order valence-electron chi connectivity index (χ0n) is 11.8. The highest BCUT2D eigenvalue weighted by Gasteiger charge is 2.32. The minimum Gasteiger partial charge on any atom is -0.389 e. The van der Waals surface area contributed by atoms with Crippen LogP contribution in [0.25, 0.3) is 0 Å². The molecule has 0 bridgehead atoms. The fourth-order valence-corrected chi connectivity index (χ4v) is 2.56. The van der Waals surface area contributed by atoms with Gasteiger partial charge in [-0.05, 0) is 26.7 Å². The van der Waals surface area contributed by atoms with Crippen molar-refractivity contribution in [3.8, 4) is 0 Å². The molecule has 1 aliphatic carbocycles. The van der Waals surface area contributed by atoms with E-state index in [1.54, 1.807) is 4.90 Å². The van der Waals surface area contributed by atoms with Gasteiger partial charge in [-0.1, -0.05) is 19.3 Å². The van der Waals surface area contributed by atoms with Gasteiger partial charge in [0.25, 0.3) is 0 Å². The topological polar surface area (TPSA) is 49.8 Å². The maximum absolute atomic E-state index is 12.2. The number of nitrogens with zero attached hydrogens (tertiary/aromatic N) is 1. The Hall–Kier alpha value is -0.610. The summed E-state index contributed by atoms with van der Waals surface area (Å²) in [7, 11) is 0. The Bertz CT molecular complexity index is 249. The molecule has 0 aromatic rings. The molecule has 0 aromatic carbocycles. The molecule has 1 aliphatic rings. The highest BCUT2D eigenvalue weighted by Crippen LogP contribution is 2.31. The van der Waals surface area contributed by atoms with E-state index in [0.717, 1.165) is 25.7 Å². The molecule has 0 spiro atoms. The number of amides is 1. The molecular weight excluding hydrogens is 230 g/mol. The molecule has 106 valence electrons. The van der Waals surface area contributed by atoms with E-state index in [9.17, 15) is 9.90 Å². The van der Waals surface area contributed by atoms with Crippen molar-refractivity contribution in [1.82, 2.24) is 4.90 Å². The first kappa shape index (κ1) is 15.4. The molecule has 0 aliphatic heterocycles. The Morgan fingerprint density at radius 1 is 1.28 bits per heavy atom. The summed E-state index contributed by atoms with van der Waals surface area (Å²) in [6.07, 6.45) is 5.05. The minimum absolute atomic E-state index is 0.0570. The van der Waals surface area contributed by atoms with Crippen molar-refractivity contribution < 1.29 is 14.6 Å². The Balaban J connectivity index is 2.40. The lowest BCUT2D eigenvalue weighted by Gasteiger charge is -2.33. The van der Waals surface area contributed by atoms with Crippen LogP contribution in [0, 0.1) is 0 Å². The normalized spacial score (nSPS) is 18.6.